The zero-order valence-electron chi connectivity index (χ0n) is 20.6. The summed E-state index contributed by atoms with van der Waals surface area (Å²) in [4.78, 5) is 20.1. The molecule has 3 saturated heterocycles. The first-order valence-electron chi connectivity index (χ1n) is 12.8. The lowest BCUT2D eigenvalue weighted by Gasteiger charge is -2.40. The predicted octanol–water partition coefficient (Wildman–Crippen LogP) is 5.61. The third-order valence-corrected chi connectivity index (χ3v) is 8.13. The van der Waals surface area contributed by atoms with Crippen molar-refractivity contribution in [3.8, 4) is 0 Å². The molecule has 2 atom stereocenters. The minimum Gasteiger partial charge on any atom is -0.367 e. The highest BCUT2D eigenvalue weighted by molar-refractivity contribution is 5.94. The van der Waals surface area contributed by atoms with Gasteiger partial charge in [0.05, 0.1) is 5.69 Å². The van der Waals surface area contributed by atoms with E-state index in [1.807, 2.05) is 11.0 Å². The molecule has 1 N–H and O–H groups in total. The summed E-state index contributed by atoms with van der Waals surface area (Å²) in [6.07, 6.45) is 4.02. The number of piperidine rings is 1. The van der Waals surface area contributed by atoms with E-state index in [9.17, 15) is 9.18 Å². The van der Waals surface area contributed by atoms with Crippen LogP contribution in [-0.2, 0) is 0 Å². The number of rotatable bonds is 4. The minimum atomic E-state index is -0.362. The van der Waals surface area contributed by atoms with Crippen molar-refractivity contribution < 1.29 is 9.18 Å². The number of halogens is 1. The molecule has 3 fully saturated rings. The van der Waals surface area contributed by atoms with E-state index in [0.717, 1.165) is 57.5 Å². The monoisotopic (exact) mass is 464 g/mol. The molecule has 182 valence electrons. The van der Waals surface area contributed by atoms with Crippen molar-refractivity contribution in [1.29, 1.82) is 0 Å². The van der Waals surface area contributed by atoms with Crippen LogP contribution in [0.15, 0.2) is 42.5 Å². The second-order valence-corrected chi connectivity index (χ2v) is 10.6. The Balaban J connectivity index is 1.29. The maximum absolute atomic E-state index is 15.0. The maximum Gasteiger partial charge on any atom is 0.322 e. The second kappa shape index (κ2) is 9.57. The standard InChI is InChI=1S/C28H37FN4O/c1-19(2)31-13-15-32(16-14-31)26-6-4-5-25(29)27(26)30-28(34)33-23-11-12-24(33)18-22(17-23)21-9-7-20(3)8-10-21/h4-10,19,22-24H,11-18H2,1-3H3,(H,30,34). The largest absolute Gasteiger partial charge is 0.367 e. The average Bonchev–Trinajstić information content (AvgIpc) is 3.10. The fourth-order valence-electron chi connectivity index (χ4n) is 6.17. The molecule has 3 aliphatic rings. The molecule has 2 bridgehead atoms. The van der Waals surface area contributed by atoms with E-state index in [-0.39, 0.29) is 23.9 Å². The number of nitrogens with zero attached hydrogens (tertiary/aromatic N) is 3. The van der Waals surface area contributed by atoms with Crippen LogP contribution in [0.25, 0.3) is 0 Å². The molecule has 3 heterocycles. The molecule has 3 aliphatic heterocycles. The van der Waals surface area contributed by atoms with E-state index in [2.05, 4.69) is 60.2 Å². The van der Waals surface area contributed by atoms with Crippen LogP contribution in [0.2, 0.25) is 0 Å². The lowest BCUT2D eigenvalue weighted by molar-refractivity contribution is 0.149. The quantitative estimate of drug-likeness (QED) is 0.640. The van der Waals surface area contributed by atoms with Gasteiger partial charge in [-0.1, -0.05) is 35.9 Å². The number of anilines is 2. The van der Waals surface area contributed by atoms with Crippen molar-refractivity contribution >= 4 is 17.4 Å². The van der Waals surface area contributed by atoms with E-state index in [0.29, 0.717) is 17.6 Å². The smallest absolute Gasteiger partial charge is 0.322 e. The van der Waals surface area contributed by atoms with Crippen LogP contribution in [0, 0.1) is 12.7 Å². The van der Waals surface area contributed by atoms with Crippen molar-refractivity contribution in [3.63, 3.8) is 0 Å². The number of piperazine rings is 1. The van der Waals surface area contributed by atoms with Crippen molar-refractivity contribution in [2.75, 3.05) is 36.4 Å². The Morgan fingerprint density at radius 1 is 0.971 bits per heavy atom. The molecule has 2 amide bonds. The number of hydrogen-bond donors (Lipinski definition) is 1. The maximum atomic E-state index is 15.0. The van der Waals surface area contributed by atoms with Gasteiger partial charge in [-0.25, -0.2) is 9.18 Å². The van der Waals surface area contributed by atoms with Gasteiger partial charge in [0.2, 0.25) is 0 Å². The van der Waals surface area contributed by atoms with Crippen LogP contribution in [-0.4, -0.2) is 60.1 Å². The number of urea groups is 1. The molecule has 2 aromatic rings. The van der Waals surface area contributed by atoms with Crippen LogP contribution in [0.4, 0.5) is 20.6 Å². The highest BCUT2D eigenvalue weighted by atomic mass is 19.1. The fraction of sp³-hybridized carbons (Fsp3) is 0.536. The molecular formula is C28H37FN4O. The SMILES string of the molecule is Cc1ccc(C2CC3CCC(C2)N3C(=O)Nc2c(F)cccc2N2CCN(C(C)C)CC2)cc1. The highest BCUT2D eigenvalue weighted by Crippen LogP contribution is 2.43. The molecule has 5 rings (SSSR count). The Morgan fingerprint density at radius 2 is 1.62 bits per heavy atom. The Bertz CT molecular complexity index is 1000. The minimum absolute atomic E-state index is 0.151. The Hall–Kier alpha value is -2.60. The summed E-state index contributed by atoms with van der Waals surface area (Å²) in [5.41, 5.74) is 3.76. The summed E-state index contributed by atoms with van der Waals surface area (Å²) in [6, 6.07) is 14.7. The van der Waals surface area contributed by atoms with Crippen molar-refractivity contribution in [3.05, 3.63) is 59.4 Å². The van der Waals surface area contributed by atoms with Gasteiger partial charge in [-0.15, -0.1) is 0 Å². The molecule has 6 heteroatoms. The van der Waals surface area contributed by atoms with Gasteiger partial charge in [0.25, 0.3) is 0 Å². The average molecular weight is 465 g/mol. The van der Waals surface area contributed by atoms with Gasteiger partial charge < -0.3 is 15.1 Å². The van der Waals surface area contributed by atoms with Gasteiger partial charge in [0, 0.05) is 44.3 Å². The number of para-hydroxylation sites is 1. The van der Waals surface area contributed by atoms with Gasteiger partial charge in [0.15, 0.2) is 0 Å². The molecule has 0 aromatic heterocycles. The Labute approximate surface area is 202 Å². The van der Waals surface area contributed by atoms with Gasteiger partial charge in [0.1, 0.15) is 11.5 Å². The van der Waals surface area contributed by atoms with Crippen molar-refractivity contribution in [1.82, 2.24) is 9.80 Å². The molecule has 0 spiro atoms. The van der Waals surface area contributed by atoms with Gasteiger partial charge in [-0.3, -0.25) is 4.90 Å². The number of nitrogens with one attached hydrogen (secondary N) is 1. The fourth-order valence-corrected chi connectivity index (χ4v) is 6.17. The number of amides is 2. The number of aryl methyl sites for hydroxylation is 1. The molecule has 0 aliphatic carbocycles. The lowest BCUT2D eigenvalue weighted by atomic mass is 9.85. The zero-order chi connectivity index (χ0) is 23.8. The predicted molar refractivity (Wildman–Crippen MR) is 136 cm³/mol. The summed E-state index contributed by atoms with van der Waals surface area (Å²) in [5.74, 6) is 0.127. The first-order chi connectivity index (χ1) is 16.4. The van der Waals surface area contributed by atoms with E-state index < -0.39 is 0 Å². The zero-order valence-corrected chi connectivity index (χ0v) is 20.6. The number of benzene rings is 2. The topological polar surface area (TPSA) is 38.8 Å². The van der Waals surface area contributed by atoms with Gasteiger partial charge >= 0.3 is 6.03 Å². The summed E-state index contributed by atoms with van der Waals surface area (Å²) in [5, 5.41) is 3.00. The third-order valence-electron chi connectivity index (χ3n) is 8.13. The second-order valence-electron chi connectivity index (χ2n) is 10.6. The summed E-state index contributed by atoms with van der Waals surface area (Å²) >= 11 is 0. The normalized spacial score (nSPS) is 25.1. The molecule has 2 aromatic carbocycles. The van der Waals surface area contributed by atoms with Crippen molar-refractivity contribution in [2.45, 2.75) is 70.5 Å². The summed E-state index contributed by atoms with van der Waals surface area (Å²) < 4.78 is 15.0. The molecule has 5 nitrogen and oxygen atoms in total. The Kier molecular flexibility index (Phi) is 6.52. The molecule has 2 unspecified atom stereocenters. The molecule has 0 radical (unpaired) electrons. The lowest BCUT2D eigenvalue weighted by Crippen LogP contribution is -2.50. The van der Waals surface area contributed by atoms with Gasteiger partial charge in [-0.05, 0) is 70.1 Å². The summed E-state index contributed by atoms with van der Waals surface area (Å²) in [6.45, 7) is 10.1. The van der Waals surface area contributed by atoms with Crippen LogP contribution in [0.3, 0.4) is 0 Å². The molecule has 0 saturated carbocycles. The van der Waals surface area contributed by atoms with E-state index in [1.54, 1.807) is 6.07 Å². The third kappa shape index (κ3) is 4.52. The highest BCUT2D eigenvalue weighted by Gasteiger charge is 2.44. The van der Waals surface area contributed by atoms with E-state index in [1.165, 1.54) is 17.2 Å². The van der Waals surface area contributed by atoms with E-state index in [4.69, 9.17) is 0 Å². The number of carbonyl (C=O) groups is 1. The molecular weight excluding hydrogens is 427 g/mol. The van der Waals surface area contributed by atoms with E-state index >= 15 is 0 Å². The van der Waals surface area contributed by atoms with Crippen molar-refractivity contribution in [2.24, 2.45) is 0 Å². The first-order valence-corrected chi connectivity index (χ1v) is 12.8. The number of fused-ring (bicyclic) bond motifs is 2. The van der Waals surface area contributed by atoms with Crippen LogP contribution in [0.5, 0.6) is 0 Å². The number of hydrogen-bond acceptors (Lipinski definition) is 3. The number of carbonyl (C=O) groups excluding carboxylic acids is 1. The molecule has 34 heavy (non-hydrogen) atoms. The summed E-state index contributed by atoms with van der Waals surface area (Å²) in [7, 11) is 0. The van der Waals surface area contributed by atoms with Crippen LogP contribution in [0.1, 0.15) is 56.6 Å². The Morgan fingerprint density at radius 3 is 2.24 bits per heavy atom. The van der Waals surface area contributed by atoms with Gasteiger partial charge in [-0.2, -0.15) is 0 Å². The van der Waals surface area contributed by atoms with Crippen LogP contribution < -0.4 is 10.2 Å². The first kappa shape index (κ1) is 23.2. The van der Waals surface area contributed by atoms with Crippen LogP contribution >= 0.6 is 0 Å².